The zero-order valence-corrected chi connectivity index (χ0v) is 9.61. The van der Waals surface area contributed by atoms with Gasteiger partial charge in [0.15, 0.2) is 5.69 Å². The van der Waals surface area contributed by atoms with Gasteiger partial charge in [0.25, 0.3) is 5.89 Å². The minimum atomic E-state index is 0.164. The third-order valence-corrected chi connectivity index (χ3v) is 2.46. The lowest BCUT2D eigenvalue weighted by atomic mass is 10.2. The molecule has 1 aromatic carbocycles. The Morgan fingerprint density at radius 3 is 2.89 bits per heavy atom. The Morgan fingerprint density at radius 2 is 2.17 bits per heavy atom. The number of nitrogens with zero attached hydrogens (tertiary/aromatic N) is 4. The third-order valence-electron chi connectivity index (χ3n) is 2.46. The summed E-state index contributed by atoms with van der Waals surface area (Å²) in [7, 11) is 1.82. The molecular formula is C12H10N4O2. The molecule has 0 bridgehead atoms. The molecule has 2 heterocycles. The van der Waals surface area contributed by atoms with E-state index < -0.39 is 0 Å². The van der Waals surface area contributed by atoms with Gasteiger partial charge in [-0.3, -0.25) is 4.68 Å². The van der Waals surface area contributed by atoms with E-state index in [1.165, 1.54) is 0 Å². The van der Waals surface area contributed by atoms with E-state index in [1.54, 1.807) is 41.2 Å². The molecule has 0 radical (unpaired) electrons. The zero-order chi connectivity index (χ0) is 12.5. The molecule has 0 atom stereocenters. The number of aromatic nitrogens is 4. The maximum atomic E-state index is 9.40. The molecule has 2 aromatic heterocycles. The van der Waals surface area contributed by atoms with Gasteiger partial charge in [-0.2, -0.15) is 10.1 Å². The maximum Gasteiger partial charge on any atom is 0.278 e. The Balaban J connectivity index is 1.99. The lowest BCUT2D eigenvalue weighted by Crippen LogP contribution is -1.87. The average Bonchev–Trinajstić information content (AvgIpc) is 2.97. The highest BCUT2D eigenvalue weighted by molar-refractivity contribution is 5.59. The van der Waals surface area contributed by atoms with Gasteiger partial charge in [-0.25, -0.2) is 0 Å². The van der Waals surface area contributed by atoms with E-state index in [9.17, 15) is 5.11 Å². The van der Waals surface area contributed by atoms with E-state index in [-0.39, 0.29) is 5.75 Å². The van der Waals surface area contributed by atoms with Crippen LogP contribution in [0, 0.1) is 0 Å². The molecule has 3 aromatic rings. The molecular weight excluding hydrogens is 232 g/mol. The minimum Gasteiger partial charge on any atom is -0.508 e. The summed E-state index contributed by atoms with van der Waals surface area (Å²) in [6.07, 6.45) is 1.80. The normalized spacial score (nSPS) is 10.7. The van der Waals surface area contributed by atoms with Gasteiger partial charge in [0, 0.05) is 18.8 Å². The van der Waals surface area contributed by atoms with E-state index >= 15 is 0 Å². The zero-order valence-electron chi connectivity index (χ0n) is 9.61. The number of aryl methyl sites for hydroxylation is 1. The number of phenols is 1. The van der Waals surface area contributed by atoms with Crippen LogP contribution in [0.1, 0.15) is 0 Å². The van der Waals surface area contributed by atoms with Crippen molar-refractivity contribution in [3.05, 3.63) is 36.5 Å². The molecule has 0 aliphatic heterocycles. The molecule has 6 nitrogen and oxygen atoms in total. The summed E-state index contributed by atoms with van der Waals surface area (Å²) in [5.41, 5.74) is 1.32. The molecule has 1 N–H and O–H groups in total. The Labute approximate surface area is 102 Å². The van der Waals surface area contributed by atoms with Crippen LogP contribution in [0.3, 0.4) is 0 Å². The summed E-state index contributed by atoms with van der Waals surface area (Å²) >= 11 is 0. The van der Waals surface area contributed by atoms with Crippen LogP contribution >= 0.6 is 0 Å². The molecule has 0 aliphatic rings. The standard InChI is InChI=1S/C12H10N4O2/c1-16-6-5-10(14-16)12-13-11(15-18-12)8-3-2-4-9(17)7-8/h2-7,17H,1H3. The number of hydrogen-bond donors (Lipinski definition) is 1. The molecule has 0 fully saturated rings. The van der Waals surface area contributed by atoms with Gasteiger partial charge in [0.05, 0.1) is 0 Å². The first-order valence-corrected chi connectivity index (χ1v) is 5.35. The number of hydrogen-bond acceptors (Lipinski definition) is 5. The topological polar surface area (TPSA) is 77.0 Å². The number of benzene rings is 1. The van der Waals surface area contributed by atoms with Gasteiger partial charge in [0.2, 0.25) is 5.82 Å². The van der Waals surface area contributed by atoms with Gasteiger partial charge in [0.1, 0.15) is 5.75 Å². The summed E-state index contributed by atoms with van der Waals surface area (Å²) in [5.74, 6) is 0.942. The number of rotatable bonds is 2. The van der Waals surface area contributed by atoms with Crippen molar-refractivity contribution in [2.45, 2.75) is 0 Å². The highest BCUT2D eigenvalue weighted by Crippen LogP contribution is 2.23. The highest BCUT2D eigenvalue weighted by atomic mass is 16.5. The quantitative estimate of drug-likeness (QED) is 0.742. The molecule has 0 aliphatic carbocycles. The first-order valence-electron chi connectivity index (χ1n) is 5.35. The molecule has 90 valence electrons. The van der Waals surface area contributed by atoms with Gasteiger partial charge in [-0.05, 0) is 18.2 Å². The smallest absolute Gasteiger partial charge is 0.278 e. The van der Waals surface area contributed by atoms with Gasteiger partial charge in [-0.15, -0.1) is 0 Å². The van der Waals surface area contributed by atoms with Crippen molar-refractivity contribution in [3.8, 4) is 28.7 Å². The maximum absolute atomic E-state index is 9.40. The van der Waals surface area contributed by atoms with Gasteiger partial charge >= 0.3 is 0 Å². The Morgan fingerprint density at radius 1 is 1.28 bits per heavy atom. The van der Waals surface area contributed by atoms with Crippen LogP contribution in [0.15, 0.2) is 41.1 Å². The average molecular weight is 242 g/mol. The fourth-order valence-electron chi connectivity index (χ4n) is 1.62. The molecule has 0 saturated heterocycles. The Kier molecular flexibility index (Phi) is 2.33. The summed E-state index contributed by atoms with van der Waals surface area (Å²) in [4.78, 5) is 4.24. The summed E-state index contributed by atoms with van der Waals surface area (Å²) in [5, 5.41) is 17.4. The van der Waals surface area contributed by atoms with Crippen LogP contribution in [0.25, 0.3) is 23.0 Å². The fraction of sp³-hybridized carbons (Fsp3) is 0.0833. The molecule has 0 amide bonds. The SMILES string of the molecule is Cn1ccc(-c2nc(-c3cccc(O)c3)no2)n1. The first kappa shape index (κ1) is 10.5. The van der Waals surface area contributed by atoms with Crippen molar-refractivity contribution >= 4 is 0 Å². The van der Waals surface area contributed by atoms with Gasteiger partial charge < -0.3 is 9.63 Å². The van der Waals surface area contributed by atoms with Crippen LogP contribution < -0.4 is 0 Å². The Hall–Kier alpha value is -2.63. The molecule has 3 rings (SSSR count). The van der Waals surface area contributed by atoms with Crippen LogP contribution in [-0.2, 0) is 7.05 Å². The van der Waals surface area contributed by atoms with Crippen LogP contribution in [0.4, 0.5) is 0 Å². The predicted molar refractivity (Wildman–Crippen MR) is 63.6 cm³/mol. The molecule has 6 heteroatoms. The number of aromatic hydroxyl groups is 1. The van der Waals surface area contributed by atoms with E-state index in [4.69, 9.17) is 4.52 Å². The Bertz CT molecular complexity index is 687. The van der Waals surface area contributed by atoms with Crippen molar-refractivity contribution in [2.75, 3.05) is 0 Å². The minimum absolute atomic E-state index is 0.164. The summed E-state index contributed by atoms with van der Waals surface area (Å²) in [6, 6.07) is 8.48. The molecule has 0 unspecified atom stereocenters. The van der Waals surface area contributed by atoms with Gasteiger partial charge in [-0.1, -0.05) is 17.3 Å². The monoisotopic (exact) mass is 242 g/mol. The fourth-order valence-corrected chi connectivity index (χ4v) is 1.62. The first-order chi connectivity index (χ1) is 8.72. The highest BCUT2D eigenvalue weighted by Gasteiger charge is 2.12. The third kappa shape index (κ3) is 1.84. The molecule has 0 saturated carbocycles. The predicted octanol–water partition coefficient (Wildman–Crippen LogP) is 1.84. The van der Waals surface area contributed by atoms with Crippen LogP contribution in [0.5, 0.6) is 5.75 Å². The number of phenolic OH excluding ortho intramolecular Hbond substituents is 1. The lowest BCUT2D eigenvalue weighted by molar-refractivity contribution is 0.430. The lowest BCUT2D eigenvalue weighted by Gasteiger charge is -1.94. The van der Waals surface area contributed by atoms with Crippen molar-refractivity contribution in [1.29, 1.82) is 0 Å². The van der Waals surface area contributed by atoms with Crippen LogP contribution in [0.2, 0.25) is 0 Å². The second kappa shape index (κ2) is 3.99. The van der Waals surface area contributed by atoms with Crippen molar-refractivity contribution in [1.82, 2.24) is 19.9 Å². The van der Waals surface area contributed by atoms with E-state index in [1.807, 2.05) is 7.05 Å². The van der Waals surface area contributed by atoms with Crippen molar-refractivity contribution in [2.24, 2.45) is 7.05 Å². The van der Waals surface area contributed by atoms with Crippen molar-refractivity contribution in [3.63, 3.8) is 0 Å². The van der Waals surface area contributed by atoms with E-state index in [0.717, 1.165) is 0 Å². The largest absolute Gasteiger partial charge is 0.508 e. The second-order valence-electron chi connectivity index (χ2n) is 3.85. The summed E-state index contributed by atoms with van der Waals surface area (Å²) in [6.45, 7) is 0. The molecule has 0 spiro atoms. The van der Waals surface area contributed by atoms with E-state index in [0.29, 0.717) is 23.0 Å². The van der Waals surface area contributed by atoms with E-state index in [2.05, 4.69) is 15.2 Å². The second-order valence-corrected chi connectivity index (χ2v) is 3.85. The van der Waals surface area contributed by atoms with Crippen LogP contribution in [-0.4, -0.2) is 25.0 Å². The summed E-state index contributed by atoms with van der Waals surface area (Å²) < 4.78 is 6.80. The molecule has 18 heavy (non-hydrogen) atoms. The van der Waals surface area contributed by atoms with Crippen molar-refractivity contribution < 1.29 is 9.63 Å².